The third-order valence-corrected chi connectivity index (χ3v) is 1.59. The number of halogens is 1. The molecule has 2 heteroatoms. The van der Waals surface area contributed by atoms with Gasteiger partial charge in [-0.3, -0.25) is 0 Å². The Morgan fingerprint density at radius 3 is 2.85 bits per heavy atom. The lowest BCUT2D eigenvalue weighted by atomic mass is 10.2. The van der Waals surface area contributed by atoms with E-state index in [0.29, 0.717) is 0 Å². The molecule has 0 spiro atoms. The summed E-state index contributed by atoms with van der Waals surface area (Å²) in [5.74, 6) is 6.48. The van der Waals surface area contributed by atoms with E-state index < -0.39 is 0 Å². The monoisotopic (exact) mass is 192 g/mol. The summed E-state index contributed by atoms with van der Waals surface area (Å²) in [5.41, 5.74) is 2.24. The molecule has 0 saturated carbocycles. The zero-order valence-electron chi connectivity index (χ0n) is 7.25. The van der Waals surface area contributed by atoms with Crippen molar-refractivity contribution in [3.63, 3.8) is 0 Å². The molecule has 0 aliphatic heterocycles. The van der Waals surface area contributed by atoms with Crippen molar-refractivity contribution in [2.75, 3.05) is 7.11 Å². The van der Waals surface area contributed by atoms with E-state index in [2.05, 4.69) is 11.8 Å². The van der Waals surface area contributed by atoms with Gasteiger partial charge in [-0.25, -0.2) is 0 Å². The van der Waals surface area contributed by atoms with Crippen LogP contribution in [0.2, 0.25) is 0 Å². The molecule has 0 aromatic heterocycles. The van der Waals surface area contributed by atoms with Crippen molar-refractivity contribution in [2.45, 2.75) is 0 Å². The van der Waals surface area contributed by atoms with Crippen molar-refractivity contribution < 1.29 is 4.74 Å². The molecular weight excluding hydrogens is 184 g/mol. The Bertz CT molecular complexity index is 358. The van der Waals surface area contributed by atoms with E-state index in [0.717, 1.165) is 11.3 Å². The van der Waals surface area contributed by atoms with Crippen LogP contribution in [0.5, 0.6) is 5.75 Å². The largest absolute Gasteiger partial charge is 0.495 e. The fourth-order valence-electron chi connectivity index (χ4n) is 0.899. The summed E-state index contributed by atoms with van der Waals surface area (Å²) in [7, 11) is 1.62. The summed E-state index contributed by atoms with van der Waals surface area (Å²) in [5, 5.41) is 0. The van der Waals surface area contributed by atoms with Gasteiger partial charge in [-0.1, -0.05) is 35.6 Å². The van der Waals surface area contributed by atoms with Gasteiger partial charge in [-0.15, -0.1) is 0 Å². The van der Waals surface area contributed by atoms with Crippen molar-refractivity contribution >= 4 is 11.6 Å². The van der Waals surface area contributed by atoms with E-state index in [9.17, 15) is 0 Å². The molecule has 66 valence electrons. The van der Waals surface area contributed by atoms with Gasteiger partial charge in [-0.05, 0) is 18.2 Å². The molecule has 0 unspecified atom stereocenters. The maximum Gasteiger partial charge on any atom is 0.134 e. The minimum atomic E-state index is 0.776. The standard InChI is InChI=1S/C11H9ClO/c1-13-11-8-3-2-6-10(11)7-4-5-9-12/h2-3,5-6,8-9H,1H3/b9-5+. The summed E-state index contributed by atoms with van der Waals surface area (Å²) in [6.07, 6.45) is 1.58. The predicted octanol–water partition coefficient (Wildman–Crippen LogP) is 2.80. The minimum absolute atomic E-state index is 0.776. The van der Waals surface area contributed by atoms with Gasteiger partial charge in [0.1, 0.15) is 5.75 Å². The second kappa shape index (κ2) is 5.29. The molecule has 0 saturated heterocycles. The second-order valence-corrected chi connectivity index (χ2v) is 2.51. The molecule has 0 fully saturated rings. The van der Waals surface area contributed by atoms with Crippen LogP contribution in [0.15, 0.2) is 35.9 Å². The van der Waals surface area contributed by atoms with Crippen LogP contribution >= 0.6 is 11.6 Å². The van der Waals surface area contributed by atoms with E-state index in [1.165, 1.54) is 5.54 Å². The maximum atomic E-state index is 5.33. The summed E-state index contributed by atoms with van der Waals surface area (Å²) in [4.78, 5) is 0. The number of allylic oxidation sites excluding steroid dienone is 1. The van der Waals surface area contributed by atoms with E-state index in [1.807, 2.05) is 24.3 Å². The third-order valence-electron chi connectivity index (χ3n) is 1.46. The molecule has 0 aliphatic carbocycles. The number of methoxy groups -OCH3 is 1. The highest BCUT2D eigenvalue weighted by Gasteiger charge is 1.95. The molecule has 1 aromatic rings. The predicted molar refractivity (Wildman–Crippen MR) is 54.9 cm³/mol. The molecular formula is C11H9ClO. The summed E-state index contributed by atoms with van der Waals surface area (Å²) in [6.45, 7) is 0. The van der Waals surface area contributed by atoms with Crippen molar-refractivity contribution in [1.82, 2.24) is 0 Å². The van der Waals surface area contributed by atoms with E-state index in [-0.39, 0.29) is 0 Å². The molecule has 0 amide bonds. The zero-order valence-corrected chi connectivity index (χ0v) is 8.01. The molecule has 0 N–H and O–H groups in total. The maximum absolute atomic E-state index is 5.33. The Kier molecular flexibility index (Phi) is 3.95. The Labute approximate surface area is 83.0 Å². The first kappa shape index (κ1) is 9.70. The van der Waals surface area contributed by atoms with E-state index in [1.54, 1.807) is 13.2 Å². The summed E-state index contributed by atoms with van der Waals surface area (Å²) in [6, 6.07) is 7.58. The molecule has 0 aliphatic rings. The van der Waals surface area contributed by atoms with Gasteiger partial charge in [-0.2, -0.15) is 0 Å². The minimum Gasteiger partial charge on any atom is -0.495 e. The molecule has 13 heavy (non-hydrogen) atoms. The van der Waals surface area contributed by atoms with Gasteiger partial charge >= 0.3 is 0 Å². The molecule has 1 aromatic carbocycles. The van der Waals surface area contributed by atoms with Crippen LogP contribution in [0.3, 0.4) is 0 Å². The topological polar surface area (TPSA) is 9.23 Å². The van der Waals surface area contributed by atoms with Gasteiger partial charge in [0, 0.05) is 5.54 Å². The molecule has 0 atom stereocenters. The number of hydrogen-bond acceptors (Lipinski definition) is 1. The number of benzene rings is 1. The van der Waals surface area contributed by atoms with Crippen molar-refractivity contribution in [3.8, 4) is 17.6 Å². The number of ether oxygens (including phenoxy) is 1. The van der Waals surface area contributed by atoms with Crippen LogP contribution in [0.4, 0.5) is 0 Å². The molecule has 0 heterocycles. The van der Waals surface area contributed by atoms with Crippen molar-refractivity contribution in [2.24, 2.45) is 0 Å². The smallest absolute Gasteiger partial charge is 0.134 e. The van der Waals surface area contributed by atoms with Gasteiger partial charge < -0.3 is 4.74 Å². The highest BCUT2D eigenvalue weighted by atomic mass is 35.5. The van der Waals surface area contributed by atoms with Gasteiger partial charge in [0.15, 0.2) is 0 Å². The van der Waals surface area contributed by atoms with E-state index >= 15 is 0 Å². The fraction of sp³-hybridized carbons (Fsp3) is 0.0909. The van der Waals surface area contributed by atoms with Gasteiger partial charge in [0.05, 0.1) is 12.7 Å². The highest BCUT2D eigenvalue weighted by molar-refractivity contribution is 6.25. The zero-order chi connectivity index (χ0) is 9.52. The summed E-state index contributed by atoms with van der Waals surface area (Å²) < 4.78 is 5.12. The van der Waals surface area contributed by atoms with E-state index in [4.69, 9.17) is 16.3 Å². The van der Waals surface area contributed by atoms with Crippen molar-refractivity contribution in [3.05, 3.63) is 41.4 Å². The van der Waals surface area contributed by atoms with Crippen molar-refractivity contribution in [1.29, 1.82) is 0 Å². The van der Waals surface area contributed by atoms with Crippen LogP contribution in [0.1, 0.15) is 5.56 Å². The SMILES string of the molecule is COc1ccccc1C#C/C=C/Cl. The first-order valence-electron chi connectivity index (χ1n) is 3.78. The normalized spacial score (nSPS) is 9.38. The van der Waals surface area contributed by atoms with Crippen LogP contribution < -0.4 is 4.74 Å². The fourth-order valence-corrected chi connectivity index (χ4v) is 0.962. The van der Waals surface area contributed by atoms with Crippen LogP contribution in [-0.2, 0) is 0 Å². The number of hydrogen-bond donors (Lipinski definition) is 0. The number of rotatable bonds is 1. The third kappa shape index (κ3) is 2.85. The Morgan fingerprint density at radius 2 is 2.15 bits per heavy atom. The highest BCUT2D eigenvalue weighted by Crippen LogP contribution is 2.15. The average Bonchev–Trinajstić information content (AvgIpc) is 2.19. The molecule has 0 bridgehead atoms. The van der Waals surface area contributed by atoms with Crippen LogP contribution in [0, 0.1) is 11.8 Å². The van der Waals surface area contributed by atoms with Gasteiger partial charge in [0.2, 0.25) is 0 Å². The van der Waals surface area contributed by atoms with Crippen LogP contribution in [-0.4, -0.2) is 7.11 Å². The quantitative estimate of drug-likeness (QED) is 0.622. The van der Waals surface area contributed by atoms with Gasteiger partial charge in [0.25, 0.3) is 0 Å². The lowest BCUT2D eigenvalue weighted by Crippen LogP contribution is -1.85. The first-order valence-corrected chi connectivity index (χ1v) is 4.22. The lowest BCUT2D eigenvalue weighted by Gasteiger charge is -2.00. The Balaban J connectivity index is 2.95. The molecule has 0 radical (unpaired) electrons. The molecule has 1 rings (SSSR count). The lowest BCUT2D eigenvalue weighted by molar-refractivity contribution is 0.413. The second-order valence-electron chi connectivity index (χ2n) is 2.26. The Hall–Kier alpha value is -1.39. The first-order chi connectivity index (χ1) is 6.38. The molecule has 1 nitrogen and oxygen atoms in total. The average molecular weight is 193 g/mol. The number of para-hydroxylation sites is 1. The summed E-state index contributed by atoms with van der Waals surface area (Å²) >= 11 is 5.33. The van der Waals surface area contributed by atoms with Crippen LogP contribution in [0.25, 0.3) is 0 Å². The Morgan fingerprint density at radius 1 is 1.38 bits per heavy atom.